The first-order valence-corrected chi connectivity index (χ1v) is 12.0. The summed E-state index contributed by atoms with van der Waals surface area (Å²) in [6.45, 7) is 3.53. The number of esters is 1. The number of benzene rings is 1. The number of halogens is 1. The van der Waals surface area contributed by atoms with Crippen LogP contribution < -0.4 is 16.8 Å². The fourth-order valence-electron chi connectivity index (χ4n) is 6.03. The number of pyridine rings is 2. The highest BCUT2D eigenvalue weighted by molar-refractivity contribution is 5.93. The fraction of sp³-hybridized carbons (Fsp3) is 0.385. The largest absolute Gasteiger partial charge is 0.460 e. The van der Waals surface area contributed by atoms with Gasteiger partial charge in [-0.15, -0.1) is 0 Å². The molecule has 36 heavy (non-hydrogen) atoms. The Kier molecular flexibility index (Phi) is 5.20. The molecule has 0 saturated carbocycles. The summed E-state index contributed by atoms with van der Waals surface area (Å²) in [5.41, 5.74) is 5.61. The first kappa shape index (κ1) is 22.8. The minimum absolute atomic E-state index is 0.0608. The number of nitrogens with two attached hydrogens (primary N) is 1. The van der Waals surface area contributed by atoms with Crippen LogP contribution in [-0.4, -0.2) is 28.0 Å². The second-order valence-corrected chi connectivity index (χ2v) is 9.60. The van der Waals surface area contributed by atoms with Gasteiger partial charge in [-0.2, -0.15) is 0 Å². The van der Waals surface area contributed by atoms with Gasteiger partial charge in [0.25, 0.3) is 5.56 Å². The molecule has 0 saturated heterocycles. The van der Waals surface area contributed by atoms with E-state index in [9.17, 15) is 18.8 Å². The minimum Gasteiger partial charge on any atom is -0.460 e. The van der Waals surface area contributed by atoms with Gasteiger partial charge >= 0.3 is 5.97 Å². The molecule has 0 spiro atoms. The van der Waals surface area contributed by atoms with Crippen molar-refractivity contribution in [2.45, 2.75) is 58.2 Å². The molecule has 1 aromatic carbocycles. The topological polar surface area (TPSA) is 126 Å². The molecular weight excluding hydrogens is 467 g/mol. The Morgan fingerprint density at radius 1 is 1.31 bits per heavy atom. The number of carbonyl (C=O) groups is 2. The number of nitrogens with zero attached hydrogens (tertiary/aromatic N) is 2. The van der Waals surface area contributed by atoms with Crippen molar-refractivity contribution in [3.8, 4) is 11.4 Å². The van der Waals surface area contributed by atoms with Gasteiger partial charge < -0.3 is 14.6 Å². The quantitative estimate of drug-likeness (QED) is 0.331. The summed E-state index contributed by atoms with van der Waals surface area (Å²) < 4.78 is 21.8. The number of fused-ring (bicyclic) bond motifs is 5. The first-order valence-electron chi connectivity index (χ1n) is 12.0. The van der Waals surface area contributed by atoms with Crippen LogP contribution in [-0.2, 0) is 38.7 Å². The Labute approximate surface area is 205 Å². The minimum atomic E-state index is -0.523. The molecule has 9 nitrogen and oxygen atoms in total. The summed E-state index contributed by atoms with van der Waals surface area (Å²) >= 11 is 0. The van der Waals surface area contributed by atoms with Crippen molar-refractivity contribution < 1.29 is 23.6 Å². The summed E-state index contributed by atoms with van der Waals surface area (Å²) in [4.78, 5) is 47.7. The maximum atomic E-state index is 14.9. The van der Waals surface area contributed by atoms with E-state index >= 15 is 0 Å². The Morgan fingerprint density at radius 3 is 2.86 bits per heavy atom. The van der Waals surface area contributed by atoms with E-state index in [4.69, 9.17) is 15.6 Å². The van der Waals surface area contributed by atoms with Gasteiger partial charge in [-0.25, -0.2) is 15.3 Å². The number of carbonyl (C=O) groups excluding carboxylic acids is 2. The average Bonchev–Trinajstić information content (AvgIpc) is 3.22. The number of rotatable bonds is 4. The molecule has 3 aliphatic rings. The lowest BCUT2D eigenvalue weighted by Gasteiger charge is -2.29. The van der Waals surface area contributed by atoms with Crippen molar-refractivity contribution in [2.24, 2.45) is 5.90 Å². The third-order valence-electron chi connectivity index (χ3n) is 7.75. The van der Waals surface area contributed by atoms with Crippen LogP contribution in [0.4, 0.5) is 4.39 Å². The number of hydrogen-bond donors (Lipinski definition) is 2. The van der Waals surface area contributed by atoms with Gasteiger partial charge in [0.1, 0.15) is 19.0 Å². The molecule has 3 N–H and O–H groups in total. The van der Waals surface area contributed by atoms with Crippen LogP contribution >= 0.6 is 0 Å². The highest BCUT2D eigenvalue weighted by atomic mass is 19.1. The molecule has 186 valence electrons. The summed E-state index contributed by atoms with van der Waals surface area (Å²) in [6, 6.07) is 2.89. The molecule has 3 aromatic rings. The zero-order valence-corrected chi connectivity index (χ0v) is 19.9. The molecule has 2 unspecified atom stereocenters. The lowest BCUT2D eigenvalue weighted by atomic mass is 9.81. The molecule has 0 radical (unpaired) electrons. The van der Waals surface area contributed by atoms with Crippen molar-refractivity contribution in [3.05, 3.63) is 61.7 Å². The van der Waals surface area contributed by atoms with Crippen molar-refractivity contribution in [3.63, 3.8) is 0 Å². The molecule has 4 heterocycles. The number of nitrogens with one attached hydrogen (secondary N) is 1. The van der Waals surface area contributed by atoms with E-state index in [0.717, 1.165) is 22.1 Å². The van der Waals surface area contributed by atoms with E-state index in [-0.39, 0.29) is 49.1 Å². The van der Waals surface area contributed by atoms with E-state index in [1.807, 2.05) is 13.0 Å². The Balaban J connectivity index is 1.62. The maximum Gasteiger partial charge on any atom is 0.313 e. The van der Waals surface area contributed by atoms with Crippen LogP contribution in [0.25, 0.3) is 22.3 Å². The summed E-state index contributed by atoms with van der Waals surface area (Å²) in [7, 11) is 0. The van der Waals surface area contributed by atoms with Crippen molar-refractivity contribution in [1.82, 2.24) is 14.9 Å². The van der Waals surface area contributed by atoms with Crippen molar-refractivity contribution >= 4 is 22.8 Å². The van der Waals surface area contributed by atoms with Gasteiger partial charge in [0.15, 0.2) is 0 Å². The maximum absolute atomic E-state index is 14.9. The fourth-order valence-corrected chi connectivity index (χ4v) is 6.03. The Hall–Kier alpha value is -3.63. The normalized spacial score (nSPS) is 19.5. The molecule has 1 amide bonds. The van der Waals surface area contributed by atoms with E-state index < -0.39 is 5.92 Å². The van der Waals surface area contributed by atoms with Gasteiger partial charge in [-0.3, -0.25) is 19.2 Å². The van der Waals surface area contributed by atoms with Crippen LogP contribution in [0.5, 0.6) is 0 Å². The van der Waals surface area contributed by atoms with Crippen LogP contribution in [0.1, 0.15) is 65.1 Å². The molecule has 6 rings (SSSR count). The van der Waals surface area contributed by atoms with Gasteiger partial charge in [0.05, 0.1) is 41.0 Å². The average molecular weight is 493 g/mol. The third-order valence-corrected chi connectivity index (χ3v) is 7.75. The second-order valence-electron chi connectivity index (χ2n) is 9.60. The molecule has 0 fully saturated rings. The molecule has 10 heteroatoms. The van der Waals surface area contributed by atoms with Gasteiger partial charge in [-0.1, -0.05) is 6.92 Å². The van der Waals surface area contributed by atoms with Crippen LogP contribution in [0.3, 0.4) is 0 Å². The molecule has 0 bridgehead atoms. The number of aromatic nitrogens is 2. The van der Waals surface area contributed by atoms with E-state index in [0.29, 0.717) is 52.9 Å². The molecule has 2 aliphatic heterocycles. The number of cyclic esters (lactones) is 1. The molecular formula is C26H25FN4O5. The van der Waals surface area contributed by atoms with Crippen molar-refractivity contribution in [1.29, 1.82) is 0 Å². The highest BCUT2D eigenvalue weighted by Crippen LogP contribution is 2.45. The van der Waals surface area contributed by atoms with E-state index in [1.165, 1.54) is 6.07 Å². The first-order chi connectivity index (χ1) is 17.3. The van der Waals surface area contributed by atoms with E-state index in [2.05, 4.69) is 10.2 Å². The Morgan fingerprint density at radius 2 is 2.11 bits per heavy atom. The Bertz CT molecular complexity index is 1550. The number of aryl methyl sites for hydroxylation is 1. The third kappa shape index (κ3) is 3.14. The van der Waals surface area contributed by atoms with Gasteiger partial charge in [0.2, 0.25) is 5.91 Å². The molecule has 2 aromatic heterocycles. The van der Waals surface area contributed by atoms with Crippen LogP contribution in [0.2, 0.25) is 0 Å². The number of amides is 1. The highest BCUT2D eigenvalue weighted by Gasteiger charge is 2.37. The van der Waals surface area contributed by atoms with Gasteiger partial charge in [0, 0.05) is 17.0 Å². The monoisotopic (exact) mass is 492 g/mol. The predicted octanol–water partition coefficient (Wildman–Crippen LogP) is 2.42. The van der Waals surface area contributed by atoms with Crippen molar-refractivity contribution in [2.75, 3.05) is 6.61 Å². The summed E-state index contributed by atoms with van der Waals surface area (Å²) in [5, 5.41) is 3.80. The summed E-state index contributed by atoms with van der Waals surface area (Å²) in [5.74, 6) is 3.52. The predicted molar refractivity (Wildman–Crippen MR) is 127 cm³/mol. The molecule has 2 atom stereocenters. The van der Waals surface area contributed by atoms with Crippen LogP contribution in [0.15, 0.2) is 16.9 Å². The molecule has 1 aliphatic carbocycles. The summed E-state index contributed by atoms with van der Waals surface area (Å²) in [6.07, 6.45) is 1.63. The second kappa shape index (κ2) is 8.21. The smallest absolute Gasteiger partial charge is 0.313 e. The zero-order chi connectivity index (χ0) is 25.3. The standard InChI is InChI=1S/C26H25FN4O5/c1-3-12-14-6-20-24-15(8-31(20)25(33)16(14)9-35-26(12)34)23-18(29-21(32)10-36-28)5-4-13-11(2)17(27)7-19(30-24)22(13)23/h6-7,12,18H,3-5,8-10,28H2,1-2H3,(H,29,32). The zero-order valence-electron chi connectivity index (χ0n) is 19.9. The lowest BCUT2D eigenvalue weighted by Crippen LogP contribution is -2.35. The van der Waals surface area contributed by atoms with E-state index in [1.54, 1.807) is 11.5 Å². The van der Waals surface area contributed by atoms with Gasteiger partial charge in [-0.05, 0) is 54.5 Å². The number of hydrogen-bond acceptors (Lipinski definition) is 7. The van der Waals surface area contributed by atoms with Crippen LogP contribution in [0, 0.1) is 12.7 Å². The SMILES string of the molecule is CCC1C(=O)OCc2c1cc1n(c2=O)Cc2c-1nc1cc(F)c(C)c3c1c2C(NC(=O)CON)CC3. The lowest BCUT2D eigenvalue weighted by molar-refractivity contribution is -0.148. The number of ether oxygens (including phenoxy) is 1.